The van der Waals surface area contributed by atoms with E-state index in [-0.39, 0.29) is 5.91 Å². The van der Waals surface area contributed by atoms with Crippen LogP contribution in [0, 0.1) is 20.8 Å². The molecule has 8 nitrogen and oxygen atoms in total. The molecule has 0 aliphatic rings. The minimum atomic E-state index is -0.285. The van der Waals surface area contributed by atoms with Crippen LogP contribution >= 0.6 is 22.9 Å². The standard InChI is InChI=1S/C14H13ClN6O2S/c1-6-12(7(2)23-21-6)20-13(22)9-5-16-14(24-9)19-11-4-10(15)17-8(3)18-11/h4-5H,1-3H3,(H,20,22)(H,16,17,18,19). The minimum absolute atomic E-state index is 0.285. The Bertz CT molecular complexity index is 867. The molecule has 0 fully saturated rings. The third-order valence-electron chi connectivity index (χ3n) is 3.04. The van der Waals surface area contributed by atoms with Gasteiger partial charge in [0.05, 0.1) is 6.20 Å². The fourth-order valence-corrected chi connectivity index (χ4v) is 2.92. The van der Waals surface area contributed by atoms with E-state index in [1.165, 1.54) is 17.5 Å². The number of carbonyl (C=O) groups excluding carboxylic acids is 1. The number of rotatable bonds is 4. The molecule has 2 N–H and O–H groups in total. The second-order valence-corrected chi connectivity index (χ2v) is 6.35. The molecule has 0 unspecified atom stereocenters. The first-order valence-corrected chi connectivity index (χ1v) is 8.10. The average molecular weight is 365 g/mol. The number of hydrogen-bond acceptors (Lipinski definition) is 8. The molecule has 0 aromatic carbocycles. The fourth-order valence-electron chi connectivity index (χ4n) is 1.98. The van der Waals surface area contributed by atoms with E-state index in [0.29, 0.717) is 43.9 Å². The van der Waals surface area contributed by atoms with Crippen molar-refractivity contribution in [3.8, 4) is 0 Å². The van der Waals surface area contributed by atoms with E-state index in [1.807, 2.05) is 0 Å². The van der Waals surface area contributed by atoms with Gasteiger partial charge in [-0.3, -0.25) is 4.79 Å². The van der Waals surface area contributed by atoms with Gasteiger partial charge in [-0.2, -0.15) is 0 Å². The Morgan fingerprint density at radius 1 is 1.29 bits per heavy atom. The molecule has 0 aliphatic carbocycles. The normalized spacial score (nSPS) is 10.7. The van der Waals surface area contributed by atoms with Gasteiger partial charge in [0.2, 0.25) is 0 Å². The Kier molecular flexibility index (Phi) is 4.45. The quantitative estimate of drug-likeness (QED) is 0.682. The maximum atomic E-state index is 12.3. The smallest absolute Gasteiger partial charge is 0.267 e. The monoisotopic (exact) mass is 364 g/mol. The van der Waals surface area contributed by atoms with Crippen molar-refractivity contribution in [3.63, 3.8) is 0 Å². The highest BCUT2D eigenvalue weighted by Gasteiger charge is 2.16. The molecule has 124 valence electrons. The van der Waals surface area contributed by atoms with Crippen LogP contribution in [-0.4, -0.2) is 26.0 Å². The van der Waals surface area contributed by atoms with Gasteiger partial charge in [-0.25, -0.2) is 15.0 Å². The topological polar surface area (TPSA) is 106 Å². The molecule has 3 aromatic rings. The number of anilines is 3. The van der Waals surface area contributed by atoms with E-state index in [4.69, 9.17) is 16.1 Å². The number of aryl methyl sites for hydroxylation is 3. The fraction of sp³-hybridized carbons (Fsp3) is 0.214. The van der Waals surface area contributed by atoms with E-state index in [1.54, 1.807) is 26.8 Å². The number of carbonyl (C=O) groups is 1. The lowest BCUT2D eigenvalue weighted by molar-refractivity contribution is 0.103. The molecule has 0 spiro atoms. The maximum Gasteiger partial charge on any atom is 0.267 e. The predicted molar refractivity (Wildman–Crippen MR) is 91.1 cm³/mol. The average Bonchev–Trinajstić information content (AvgIpc) is 3.08. The summed E-state index contributed by atoms with van der Waals surface area (Å²) in [5.74, 6) is 1.32. The number of hydrogen-bond donors (Lipinski definition) is 2. The number of thiazole rings is 1. The zero-order valence-corrected chi connectivity index (χ0v) is 14.6. The highest BCUT2D eigenvalue weighted by atomic mass is 35.5. The van der Waals surface area contributed by atoms with Crippen molar-refractivity contribution in [2.45, 2.75) is 20.8 Å². The van der Waals surface area contributed by atoms with E-state index in [2.05, 4.69) is 30.7 Å². The Morgan fingerprint density at radius 3 is 2.75 bits per heavy atom. The minimum Gasteiger partial charge on any atom is -0.359 e. The summed E-state index contributed by atoms with van der Waals surface area (Å²) in [6.45, 7) is 5.23. The molecule has 3 aromatic heterocycles. The summed E-state index contributed by atoms with van der Waals surface area (Å²) in [6, 6.07) is 1.58. The van der Waals surface area contributed by atoms with Crippen molar-refractivity contribution < 1.29 is 9.32 Å². The van der Waals surface area contributed by atoms with Crippen LogP contribution in [0.15, 0.2) is 16.8 Å². The molecule has 0 bridgehead atoms. The second-order valence-electron chi connectivity index (χ2n) is 4.93. The highest BCUT2D eigenvalue weighted by Crippen LogP contribution is 2.25. The van der Waals surface area contributed by atoms with E-state index in [9.17, 15) is 4.79 Å². The summed E-state index contributed by atoms with van der Waals surface area (Å²) in [6.07, 6.45) is 1.48. The van der Waals surface area contributed by atoms with Gasteiger partial charge in [-0.15, -0.1) is 0 Å². The molecule has 3 rings (SSSR count). The van der Waals surface area contributed by atoms with E-state index in [0.717, 1.165) is 0 Å². The SMILES string of the molecule is Cc1nc(Cl)cc(Nc2ncc(C(=O)Nc3c(C)noc3C)s2)n1. The Morgan fingerprint density at radius 2 is 2.08 bits per heavy atom. The van der Waals surface area contributed by atoms with Gasteiger partial charge in [-0.05, 0) is 20.8 Å². The van der Waals surface area contributed by atoms with Crippen LogP contribution in [0.3, 0.4) is 0 Å². The number of aromatic nitrogens is 4. The second kappa shape index (κ2) is 6.54. The van der Waals surface area contributed by atoms with Crippen LogP contribution in [0.1, 0.15) is 27.0 Å². The number of nitrogens with one attached hydrogen (secondary N) is 2. The summed E-state index contributed by atoms with van der Waals surface area (Å²) in [5, 5.41) is 10.4. The van der Waals surface area contributed by atoms with Gasteiger partial charge in [0.15, 0.2) is 10.9 Å². The first kappa shape index (κ1) is 16.3. The first-order valence-electron chi connectivity index (χ1n) is 6.90. The Labute approximate surface area is 146 Å². The lowest BCUT2D eigenvalue weighted by atomic mass is 10.3. The van der Waals surface area contributed by atoms with Crippen LogP contribution < -0.4 is 10.6 Å². The molecule has 0 saturated carbocycles. The van der Waals surface area contributed by atoms with Crippen molar-refractivity contribution >= 4 is 45.5 Å². The third kappa shape index (κ3) is 3.52. The number of amides is 1. The summed E-state index contributed by atoms with van der Waals surface area (Å²) < 4.78 is 5.02. The van der Waals surface area contributed by atoms with Crippen molar-refractivity contribution in [2.24, 2.45) is 0 Å². The van der Waals surface area contributed by atoms with E-state index >= 15 is 0 Å². The van der Waals surface area contributed by atoms with E-state index < -0.39 is 0 Å². The predicted octanol–water partition coefficient (Wildman–Crippen LogP) is 3.50. The largest absolute Gasteiger partial charge is 0.359 e. The van der Waals surface area contributed by atoms with Crippen molar-refractivity contribution in [1.82, 2.24) is 20.1 Å². The molecule has 0 atom stereocenters. The molecule has 0 aliphatic heterocycles. The van der Waals surface area contributed by atoms with Crippen LogP contribution in [0.4, 0.5) is 16.6 Å². The molecule has 0 radical (unpaired) electrons. The van der Waals surface area contributed by atoms with Crippen LogP contribution in [-0.2, 0) is 0 Å². The summed E-state index contributed by atoms with van der Waals surface area (Å²) >= 11 is 7.09. The lowest BCUT2D eigenvalue weighted by Gasteiger charge is -2.03. The lowest BCUT2D eigenvalue weighted by Crippen LogP contribution is -2.11. The Hall–Kier alpha value is -2.52. The molecule has 10 heteroatoms. The third-order valence-corrected chi connectivity index (χ3v) is 4.15. The van der Waals surface area contributed by atoms with Crippen LogP contribution in [0.5, 0.6) is 0 Å². The van der Waals surface area contributed by atoms with Crippen molar-refractivity contribution in [2.75, 3.05) is 10.6 Å². The van der Waals surface area contributed by atoms with Crippen molar-refractivity contribution in [3.05, 3.63) is 39.6 Å². The highest BCUT2D eigenvalue weighted by molar-refractivity contribution is 7.17. The van der Waals surface area contributed by atoms with Crippen LogP contribution in [0.25, 0.3) is 0 Å². The molecule has 1 amide bonds. The molecule has 24 heavy (non-hydrogen) atoms. The van der Waals surface area contributed by atoms with Crippen LogP contribution in [0.2, 0.25) is 5.15 Å². The van der Waals surface area contributed by atoms with Gasteiger partial charge in [0.1, 0.15) is 33.1 Å². The van der Waals surface area contributed by atoms with Gasteiger partial charge < -0.3 is 15.2 Å². The molecule has 0 saturated heterocycles. The molecular weight excluding hydrogens is 352 g/mol. The van der Waals surface area contributed by atoms with Crippen molar-refractivity contribution in [1.29, 1.82) is 0 Å². The van der Waals surface area contributed by atoms with Gasteiger partial charge in [-0.1, -0.05) is 28.1 Å². The zero-order chi connectivity index (χ0) is 17.3. The summed E-state index contributed by atoms with van der Waals surface area (Å²) in [5.41, 5.74) is 1.19. The van der Waals surface area contributed by atoms with Gasteiger partial charge in [0.25, 0.3) is 5.91 Å². The number of halogens is 1. The first-order chi connectivity index (χ1) is 11.4. The van der Waals surface area contributed by atoms with Gasteiger partial charge >= 0.3 is 0 Å². The zero-order valence-electron chi connectivity index (χ0n) is 13.0. The summed E-state index contributed by atoms with van der Waals surface area (Å²) in [4.78, 5) is 25.1. The molecule has 3 heterocycles. The maximum absolute atomic E-state index is 12.3. The summed E-state index contributed by atoms with van der Waals surface area (Å²) in [7, 11) is 0. The van der Waals surface area contributed by atoms with Gasteiger partial charge in [0, 0.05) is 6.07 Å². The Balaban J connectivity index is 1.74. The number of nitrogens with zero attached hydrogens (tertiary/aromatic N) is 4. The molecular formula is C14H13ClN6O2S.